The summed E-state index contributed by atoms with van der Waals surface area (Å²) in [6, 6.07) is 8.94. The zero-order valence-electron chi connectivity index (χ0n) is 14.1. The smallest absolute Gasteiger partial charge is 0.243 e. The summed E-state index contributed by atoms with van der Waals surface area (Å²) in [6.07, 6.45) is 0.867. The van der Waals surface area contributed by atoms with Crippen molar-refractivity contribution < 1.29 is 22.3 Å². The minimum absolute atomic E-state index is 0.0168. The van der Waals surface area contributed by atoms with Gasteiger partial charge in [-0.3, -0.25) is 0 Å². The fourth-order valence-electron chi connectivity index (χ4n) is 2.82. The van der Waals surface area contributed by atoms with E-state index < -0.39 is 15.8 Å². The van der Waals surface area contributed by atoms with Gasteiger partial charge in [-0.25, -0.2) is 17.5 Å². The summed E-state index contributed by atoms with van der Waals surface area (Å²) in [5, 5.41) is 0. The third-order valence-electron chi connectivity index (χ3n) is 3.96. The van der Waals surface area contributed by atoms with Crippen LogP contribution in [0.2, 0.25) is 0 Å². The SMILES string of the molecule is CCOc1cc2c(cc1CNS(=O)(=O)c1ccccc1F)O[C@@H](C)C2. The van der Waals surface area contributed by atoms with Gasteiger partial charge in [-0.2, -0.15) is 0 Å². The van der Waals surface area contributed by atoms with Crippen LogP contribution < -0.4 is 14.2 Å². The summed E-state index contributed by atoms with van der Waals surface area (Å²) in [4.78, 5) is -0.376. The number of hydrogen-bond donors (Lipinski definition) is 1. The Hall–Kier alpha value is -2.12. The van der Waals surface area contributed by atoms with Crippen LogP contribution in [0.1, 0.15) is 25.0 Å². The van der Waals surface area contributed by atoms with Crippen molar-refractivity contribution in [2.45, 2.75) is 37.8 Å². The average molecular weight is 365 g/mol. The van der Waals surface area contributed by atoms with E-state index in [2.05, 4.69) is 4.72 Å². The molecule has 1 N–H and O–H groups in total. The highest BCUT2D eigenvalue weighted by Crippen LogP contribution is 2.35. The van der Waals surface area contributed by atoms with E-state index in [1.54, 1.807) is 6.07 Å². The van der Waals surface area contributed by atoms with Crippen molar-refractivity contribution in [3.05, 3.63) is 53.3 Å². The molecule has 25 heavy (non-hydrogen) atoms. The van der Waals surface area contributed by atoms with Crippen molar-refractivity contribution >= 4 is 10.0 Å². The summed E-state index contributed by atoms with van der Waals surface area (Å²) in [6.45, 7) is 4.28. The lowest BCUT2D eigenvalue weighted by molar-refractivity contribution is 0.254. The molecule has 1 atom stereocenters. The first-order valence-electron chi connectivity index (χ1n) is 8.10. The van der Waals surface area contributed by atoms with Gasteiger partial charge in [-0.05, 0) is 38.1 Å². The van der Waals surface area contributed by atoms with E-state index in [1.807, 2.05) is 19.9 Å². The third-order valence-corrected chi connectivity index (χ3v) is 5.39. The zero-order valence-corrected chi connectivity index (χ0v) is 14.9. The van der Waals surface area contributed by atoms with Gasteiger partial charge in [0.15, 0.2) is 0 Å². The molecule has 2 aromatic carbocycles. The predicted molar refractivity (Wildman–Crippen MR) is 91.8 cm³/mol. The van der Waals surface area contributed by atoms with E-state index in [-0.39, 0.29) is 17.5 Å². The topological polar surface area (TPSA) is 64.6 Å². The number of rotatable bonds is 6. The van der Waals surface area contributed by atoms with Gasteiger partial charge in [-0.15, -0.1) is 0 Å². The van der Waals surface area contributed by atoms with Crippen LogP contribution in [0, 0.1) is 5.82 Å². The molecule has 5 nitrogen and oxygen atoms in total. The van der Waals surface area contributed by atoms with E-state index in [0.717, 1.165) is 23.8 Å². The van der Waals surface area contributed by atoms with Crippen molar-refractivity contribution in [3.63, 3.8) is 0 Å². The van der Waals surface area contributed by atoms with E-state index >= 15 is 0 Å². The standard InChI is InChI=1S/C18H20FNO4S/c1-3-23-16-9-13-8-12(2)24-17(13)10-14(16)11-20-25(21,22)18-7-5-4-6-15(18)19/h4-7,9-10,12,20H,3,8,11H2,1-2H3/t12-/m0/s1. The first kappa shape index (κ1) is 17.7. The molecule has 1 aliphatic heterocycles. The fourth-order valence-corrected chi connectivity index (χ4v) is 3.91. The molecule has 0 aliphatic carbocycles. The maximum absolute atomic E-state index is 13.8. The molecular formula is C18H20FNO4S. The van der Waals surface area contributed by atoms with Crippen molar-refractivity contribution in [2.24, 2.45) is 0 Å². The zero-order chi connectivity index (χ0) is 18.0. The van der Waals surface area contributed by atoms with E-state index in [0.29, 0.717) is 17.9 Å². The van der Waals surface area contributed by atoms with Crippen LogP contribution in [0.25, 0.3) is 0 Å². The number of hydrogen-bond acceptors (Lipinski definition) is 4. The Morgan fingerprint density at radius 1 is 1.32 bits per heavy atom. The Morgan fingerprint density at radius 2 is 2.08 bits per heavy atom. The predicted octanol–water partition coefficient (Wildman–Crippen LogP) is 3.03. The maximum Gasteiger partial charge on any atom is 0.243 e. The Labute approximate surface area is 146 Å². The molecule has 0 unspecified atom stereocenters. The molecule has 0 saturated carbocycles. The van der Waals surface area contributed by atoms with Crippen molar-refractivity contribution in [1.29, 1.82) is 0 Å². The molecule has 0 amide bonds. The van der Waals surface area contributed by atoms with Crippen LogP contribution in [-0.4, -0.2) is 21.1 Å². The highest BCUT2D eigenvalue weighted by atomic mass is 32.2. The van der Waals surface area contributed by atoms with Gasteiger partial charge in [0.25, 0.3) is 0 Å². The number of ether oxygens (including phenoxy) is 2. The van der Waals surface area contributed by atoms with Gasteiger partial charge in [0.2, 0.25) is 10.0 Å². The molecule has 3 rings (SSSR count). The number of fused-ring (bicyclic) bond motifs is 1. The molecule has 0 radical (unpaired) electrons. The number of halogens is 1. The first-order chi connectivity index (χ1) is 11.9. The second-order valence-electron chi connectivity index (χ2n) is 5.89. The van der Waals surface area contributed by atoms with Crippen LogP contribution in [-0.2, 0) is 23.0 Å². The van der Waals surface area contributed by atoms with Gasteiger partial charge in [0.1, 0.15) is 28.3 Å². The highest BCUT2D eigenvalue weighted by Gasteiger charge is 2.23. The third kappa shape index (κ3) is 3.77. The van der Waals surface area contributed by atoms with Crippen LogP contribution >= 0.6 is 0 Å². The molecule has 0 spiro atoms. The van der Waals surface area contributed by atoms with E-state index in [1.165, 1.54) is 18.2 Å². The molecule has 0 bridgehead atoms. The molecule has 7 heteroatoms. The second kappa shape index (κ2) is 7.01. The Bertz CT molecular complexity index is 883. The summed E-state index contributed by atoms with van der Waals surface area (Å²) in [5.41, 5.74) is 1.69. The molecular weight excluding hydrogens is 345 g/mol. The lowest BCUT2D eigenvalue weighted by Gasteiger charge is -2.14. The molecule has 0 fully saturated rings. The molecule has 2 aromatic rings. The van der Waals surface area contributed by atoms with Gasteiger partial charge in [0, 0.05) is 24.1 Å². The van der Waals surface area contributed by atoms with Crippen molar-refractivity contribution in [3.8, 4) is 11.5 Å². The molecule has 1 heterocycles. The van der Waals surface area contributed by atoms with Crippen LogP contribution in [0.3, 0.4) is 0 Å². The van der Waals surface area contributed by atoms with Gasteiger partial charge in [0.05, 0.1) is 6.61 Å². The van der Waals surface area contributed by atoms with Crippen molar-refractivity contribution in [2.75, 3.05) is 6.61 Å². The number of benzene rings is 2. The van der Waals surface area contributed by atoms with E-state index in [9.17, 15) is 12.8 Å². The van der Waals surface area contributed by atoms with Crippen LogP contribution in [0.4, 0.5) is 4.39 Å². The Balaban J connectivity index is 1.85. The van der Waals surface area contributed by atoms with Gasteiger partial charge < -0.3 is 9.47 Å². The number of sulfonamides is 1. The lowest BCUT2D eigenvalue weighted by Crippen LogP contribution is -2.24. The minimum atomic E-state index is -3.97. The maximum atomic E-state index is 13.8. The summed E-state index contributed by atoms with van der Waals surface area (Å²) in [7, 11) is -3.97. The molecule has 134 valence electrons. The second-order valence-corrected chi connectivity index (χ2v) is 7.62. The largest absolute Gasteiger partial charge is 0.494 e. The number of nitrogens with one attached hydrogen (secondary N) is 1. The summed E-state index contributed by atoms with van der Waals surface area (Å²) < 4.78 is 52.3. The van der Waals surface area contributed by atoms with Crippen molar-refractivity contribution in [1.82, 2.24) is 4.72 Å². The van der Waals surface area contributed by atoms with Crippen LogP contribution in [0.15, 0.2) is 41.3 Å². The quantitative estimate of drug-likeness (QED) is 0.855. The normalized spacial score (nSPS) is 16.4. The highest BCUT2D eigenvalue weighted by molar-refractivity contribution is 7.89. The summed E-state index contributed by atoms with van der Waals surface area (Å²) in [5.74, 6) is 0.553. The lowest BCUT2D eigenvalue weighted by atomic mass is 10.1. The minimum Gasteiger partial charge on any atom is -0.494 e. The van der Waals surface area contributed by atoms with Gasteiger partial charge in [-0.1, -0.05) is 12.1 Å². The first-order valence-corrected chi connectivity index (χ1v) is 9.58. The molecule has 0 aromatic heterocycles. The Morgan fingerprint density at radius 3 is 2.80 bits per heavy atom. The fraction of sp³-hybridized carbons (Fsp3) is 0.333. The monoisotopic (exact) mass is 365 g/mol. The molecule has 0 saturated heterocycles. The molecule has 1 aliphatic rings. The Kier molecular flexibility index (Phi) is 4.96. The van der Waals surface area contributed by atoms with Gasteiger partial charge >= 0.3 is 0 Å². The summed E-state index contributed by atoms with van der Waals surface area (Å²) >= 11 is 0. The van der Waals surface area contributed by atoms with Crippen LogP contribution in [0.5, 0.6) is 11.5 Å². The average Bonchev–Trinajstić information content (AvgIpc) is 2.92. The van der Waals surface area contributed by atoms with E-state index in [4.69, 9.17) is 9.47 Å².